The van der Waals surface area contributed by atoms with E-state index in [2.05, 4.69) is 37.1 Å². The number of nitrogens with zero attached hydrogens (tertiary/aromatic N) is 4. The molecule has 0 aliphatic carbocycles. The summed E-state index contributed by atoms with van der Waals surface area (Å²) in [4.78, 5) is 18.7. The number of benzene rings is 1. The Morgan fingerprint density at radius 1 is 0.842 bits per heavy atom. The van der Waals surface area contributed by atoms with Crippen LogP contribution in [0.4, 0.5) is 0 Å². The van der Waals surface area contributed by atoms with Crippen LogP contribution in [0.15, 0.2) is 61.4 Å². The molecule has 0 bridgehead atoms. The largest absolute Gasteiger partial charge is 0.329 e. The number of hydrogen-bond acceptors (Lipinski definition) is 4. The van der Waals surface area contributed by atoms with Crippen molar-refractivity contribution in [2.45, 2.75) is 0 Å². The molecule has 5 nitrogen and oxygen atoms in total. The van der Waals surface area contributed by atoms with Crippen molar-refractivity contribution in [2.75, 3.05) is 0 Å². The van der Waals surface area contributed by atoms with Crippen molar-refractivity contribution in [1.82, 2.24) is 24.9 Å². The number of H-pyrrole nitrogens is 1. The van der Waals surface area contributed by atoms with Crippen LogP contribution in [0, 0.1) is 0 Å². The Morgan fingerprint density at radius 3 is 2.63 bits per heavy atom. The molecule has 0 atom stereocenters. The lowest BCUT2D eigenvalue weighted by molar-refractivity contribution is 1.20. The topological polar surface area (TPSA) is 67.3 Å². The van der Waals surface area contributed by atoms with Crippen LogP contribution in [-0.2, 0) is 0 Å². The predicted molar refractivity (Wildman–Crippen MR) is 73.4 cm³/mol. The molecule has 3 aromatic heterocycles. The lowest BCUT2D eigenvalue weighted by Crippen LogP contribution is -1.76. The molecule has 0 aliphatic heterocycles. The molecule has 0 spiro atoms. The van der Waals surface area contributed by atoms with E-state index in [0.29, 0.717) is 0 Å². The molecular weight excluding hydrogens is 238 g/mol. The fraction of sp³-hybridized carbons (Fsp3) is 0. The number of pyridine rings is 1. The van der Waals surface area contributed by atoms with E-state index in [-0.39, 0.29) is 0 Å². The highest BCUT2D eigenvalue weighted by Gasteiger charge is 1.91. The Balaban J connectivity index is 0.000000117. The zero-order valence-corrected chi connectivity index (χ0v) is 10.1. The SMILES string of the molecule is c1ccc2ncccc2c1.c1ncc2nc[nH]c2n1. The van der Waals surface area contributed by atoms with Gasteiger partial charge in [-0.3, -0.25) is 4.98 Å². The Bertz CT molecular complexity index is 698. The predicted octanol–water partition coefficient (Wildman–Crippen LogP) is 2.59. The third-order valence-corrected chi connectivity index (χ3v) is 2.61. The highest BCUT2D eigenvalue weighted by molar-refractivity contribution is 5.77. The quantitative estimate of drug-likeness (QED) is 0.520. The van der Waals surface area contributed by atoms with E-state index in [1.807, 2.05) is 30.5 Å². The normalized spacial score (nSPS) is 10.1. The first-order valence-electron chi connectivity index (χ1n) is 5.82. The molecule has 4 rings (SSSR count). The van der Waals surface area contributed by atoms with Crippen molar-refractivity contribution in [1.29, 1.82) is 0 Å². The summed E-state index contributed by atoms with van der Waals surface area (Å²) >= 11 is 0. The van der Waals surface area contributed by atoms with Gasteiger partial charge in [-0.25, -0.2) is 15.0 Å². The summed E-state index contributed by atoms with van der Waals surface area (Å²) in [6.45, 7) is 0. The number of rotatable bonds is 0. The van der Waals surface area contributed by atoms with Gasteiger partial charge in [0.25, 0.3) is 0 Å². The van der Waals surface area contributed by atoms with Crippen molar-refractivity contribution >= 4 is 22.1 Å². The van der Waals surface area contributed by atoms with Gasteiger partial charge in [-0.2, -0.15) is 0 Å². The van der Waals surface area contributed by atoms with Crippen LogP contribution >= 0.6 is 0 Å². The molecular formula is C14H11N5. The summed E-state index contributed by atoms with van der Waals surface area (Å²) in [7, 11) is 0. The van der Waals surface area contributed by atoms with Crippen molar-refractivity contribution in [3.8, 4) is 0 Å². The smallest absolute Gasteiger partial charge is 0.160 e. The summed E-state index contributed by atoms with van der Waals surface area (Å²) in [5.41, 5.74) is 2.65. The summed E-state index contributed by atoms with van der Waals surface area (Å²) < 4.78 is 0. The van der Waals surface area contributed by atoms with Crippen LogP contribution in [0.3, 0.4) is 0 Å². The molecule has 0 fully saturated rings. The number of para-hydroxylation sites is 1. The number of hydrogen-bond donors (Lipinski definition) is 1. The maximum atomic E-state index is 4.18. The summed E-state index contributed by atoms with van der Waals surface area (Å²) in [5, 5.41) is 1.20. The van der Waals surface area contributed by atoms with Gasteiger partial charge in [0.05, 0.1) is 18.0 Å². The Kier molecular flexibility index (Phi) is 3.10. The molecule has 0 saturated heterocycles. The monoisotopic (exact) mass is 249 g/mol. The van der Waals surface area contributed by atoms with E-state index in [1.165, 1.54) is 11.7 Å². The van der Waals surface area contributed by atoms with Gasteiger partial charge < -0.3 is 4.98 Å². The van der Waals surface area contributed by atoms with Gasteiger partial charge in [-0.05, 0) is 12.1 Å². The molecule has 0 aliphatic rings. The van der Waals surface area contributed by atoms with Gasteiger partial charge in [0.15, 0.2) is 5.65 Å². The first-order valence-corrected chi connectivity index (χ1v) is 5.82. The molecule has 0 radical (unpaired) electrons. The average Bonchev–Trinajstić information content (AvgIpc) is 2.96. The fourth-order valence-corrected chi connectivity index (χ4v) is 1.71. The number of nitrogens with one attached hydrogen (secondary N) is 1. The summed E-state index contributed by atoms with van der Waals surface area (Å²) in [6.07, 6.45) is 6.56. The van der Waals surface area contributed by atoms with E-state index < -0.39 is 0 Å². The van der Waals surface area contributed by atoms with Crippen molar-refractivity contribution in [3.05, 3.63) is 61.4 Å². The third kappa shape index (κ3) is 2.55. The number of fused-ring (bicyclic) bond motifs is 2. The number of aromatic nitrogens is 5. The first-order chi connectivity index (χ1) is 9.43. The van der Waals surface area contributed by atoms with Gasteiger partial charge in [-0.1, -0.05) is 24.3 Å². The van der Waals surface area contributed by atoms with E-state index >= 15 is 0 Å². The maximum Gasteiger partial charge on any atom is 0.160 e. The average molecular weight is 249 g/mol. The molecule has 0 saturated carbocycles. The summed E-state index contributed by atoms with van der Waals surface area (Å²) in [5.74, 6) is 0. The van der Waals surface area contributed by atoms with Crippen LogP contribution < -0.4 is 0 Å². The van der Waals surface area contributed by atoms with Crippen LogP contribution in [0.2, 0.25) is 0 Å². The van der Waals surface area contributed by atoms with Gasteiger partial charge in [0.2, 0.25) is 0 Å². The number of aromatic amines is 1. The highest BCUT2D eigenvalue weighted by atomic mass is 15.0. The molecule has 3 heterocycles. The van der Waals surface area contributed by atoms with Crippen molar-refractivity contribution in [2.24, 2.45) is 0 Å². The Morgan fingerprint density at radius 2 is 1.74 bits per heavy atom. The number of imidazole rings is 1. The van der Waals surface area contributed by atoms with Crippen LogP contribution in [-0.4, -0.2) is 24.9 Å². The molecule has 1 aromatic carbocycles. The molecule has 0 unspecified atom stereocenters. The standard InChI is InChI=1S/C9H7N.C5H4N4/c1-2-6-9-8(4-1)5-3-7-10-9;1-4-5(8-2-6-1)9-3-7-4/h1-7H;1-3H,(H,6,7,8,9). The molecule has 5 heteroatoms. The molecule has 0 amide bonds. The lowest BCUT2D eigenvalue weighted by atomic mass is 10.2. The molecule has 19 heavy (non-hydrogen) atoms. The second-order valence-corrected chi connectivity index (χ2v) is 3.86. The fourth-order valence-electron chi connectivity index (χ4n) is 1.71. The lowest BCUT2D eigenvalue weighted by Gasteiger charge is -1.91. The molecule has 92 valence electrons. The van der Waals surface area contributed by atoms with Crippen molar-refractivity contribution < 1.29 is 0 Å². The summed E-state index contributed by atoms with van der Waals surface area (Å²) in [6, 6.07) is 12.1. The van der Waals surface area contributed by atoms with Gasteiger partial charge in [0, 0.05) is 11.6 Å². The first kappa shape index (κ1) is 11.3. The van der Waals surface area contributed by atoms with Crippen LogP contribution in [0.25, 0.3) is 22.1 Å². The highest BCUT2D eigenvalue weighted by Crippen LogP contribution is 2.07. The van der Waals surface area contributed by atoms with Crippen LogP contribution in [0.5, 0.6) is 0 Å². The maximum absolute atomic E-state index is 4.18. The van der Waals surface area contributed by atoms with Gasteiger partial charge in [0.1, 0.15) is 11.8 Å². The van der Waals surface area contributed by atoms with E-state index in [9.17, 15) is 0 Å². The molecule has 4 aromatic rings. The Labute approximate surface area is 109 Å². The minimum Gasteiger partial charge on any atom is -0.329 e. The van der Waals surface area contributed by atoms with E-state index in [4.69, 9.17) is 0 Å². The minimum atomic E-state index is 0.782. The Hall–Kier alpha value is -2.82. The van der Waals surface area contributed by atoms with E-state index in [0.717, 1.165) is 16.7 Å². The second kappa shape index (κ2) is 5.22. The second-order valence-electron chi connectivity index (χ2n) is 3.86. The van der Waals surface area contributed by atoms with Crippen molar-refractivity contribution in [3.63, 3.8) is 0 Å². The van der Waals surface area contributed by atoms with Gasteiger partial charge >= 0.3 is 0 Å². The third-order valence-electron chi connectivity index (χ3n) is 2.61. The minimum absolute atomic E-state index is 0.782. The molecule has 1 N–H and O–H groups in total. The van der Waals surface area contributed by atoms with E-state index in [1.54, 1.807) is 12.5 Å². The zero-order valence-electron chi connectivity index (χ0n) is 10.1. The van der Waals surface area contributed by atoms with Crippen LogP contribution in [0.1, 0.15) is 0 Å². The van der Waals surface area contributed by atoms with Gasteiger partial charge in [-0.15, -0.1) is 0 Å². The zero-order chi connectivity index (χ0) is 12.9.